The van der Waals surface area contributed by atoms with Crippen LogP contribution in [0.4, 0.5) is 4.79 Å². The summed E-state index contributed by atoms with van der Waals surface area (Å²) in [5.74, 6) is -0.594. The minimum Gasteiger partial charge on any atom is -0.480 e. The molecule has 0 aliphatic rings. The number of carboxylic acid groups (broad SMARTS) is 1. The van der Waals surface area contributed by atoms with Gasteiger partial charge < -0.3 is 15.3 Å². The van der Waals surface area contributed by atoms with Crippen LogP contribution in [0.2, 0.25) is 0 Å². The van der Waals surface area contributed by atoms with E-state index < -0.39 is 5.97 Å². The van der Waals surface area contributed by atoms with Crippen LogP contribution in [0.1, 0.15) is 20.3 Å². The van der Waals surface area contributed by atoms with Crippen LogP contribution in [0.3, 0.4) is 0 Å². The second kappa shape index (κ2) is 6.23. The third kappa shape index (κ3) is 5.40. The monoisotopic (exact) mass is 202 g/mol. The summed E-state index contributed by atoms with van der Waals surface area (Å²) in [5, 5.41) is 11.1. The number of carbonyl (C=O) groups excluding carboxylic acids is 1. The standard InChI is InChI=1S/C9H18N2O3/c1-4-7(2)5-10-9(14)11(3)6-8(12)13/h7H,4-6H2,1-3H3,(H,10,14)(H,12,13). The molecule has 0 saturated carbocycles. The van der Waals surface area contributed by atoms with E-state index in [4.69, 9.17) is 5.11 Å². The SMILES string of the molecule is CCC(C)CNC(=O)N(C)CC(=O)O. The van der Waals surface area contributed by atoms with Crippen molar-refractivity contribution in [3.05, 3.63) is 0 Å². The summed E-state index contributed by atoms with van der Waals surface area (Å²) in [6.45, 7) is 4.38. The number of urea groups is 1. The lowest BCUT2D eigenvalue weighted by atomic mass is 10.1. The maximum atomic E-state index is 11.3. The Morgan fingerprint density at radius 2 is 2.07 bits per heavy atom. The zero-order valence-corrected chi connectivity index (χ0v) is 8.91. The zero-order valence-electron chi connectivity index (χ0n) is 8.91. The van der Waals surface area contributed by atoms with Crippen LogP contribution in [-0.2, 0) is 4.79 Å². The van der Waals surface area contributed by atoms with Gasteiger partial charge in [0.1, 0.15) is 6.54 Å². The number of amides is 2. The van der Waals surface area contributed by atoms with Crippen molar-refractivity contribution in [3.63, 3.8) is 0 Å². The van der Waals surface area contributed by atoms with Gasteiger partial charge in [-0.25, -0.2) is 4.79 Å². The Morgan fingerprint density at radius 1 is 1.50 bits per heavy atom. The highest BCUT2D eigenvalue weighted by atomic mass is 16.4. The number of nitrogens with zero attached hydrogens (tertiary/aromatic N) is 1. The van der Waals surface area contributed by atoms with Gasteiger partial charge in [-0.1, -0.05) is 20.3 Å². The van der Waals surface area contributed by atoms with Crippen LogP contribution >= 0.6 is 0 Å². The molecule has 0 aliphatic carbocycles. The van der Waals surface area contributed by atoms with Gasteiger partial charge >= 0.3 is 12.0 Å². The van der Waals surface area contributed by atoms with E-state index in [1.165, 1.54) is 7.05 Å². The first kappa shape index (κ1) is 12.7. The molecule has 0 spiro atoms. The summed E-state index contributed by atoms with van der Waals surface area (Å²) in [6.07, 6.45) is 0.989. The molecule has 5 nitrogen and oxygen atoms in total. The Bertz CT molecular complexity index is 206. The smallest absolute Gasteiger partial charge is 0.323 e. The Balaban J connectivity index is 3.78. The fourth-order valence-corrected chi connectivity index (χ4v) is 0.816. The summed E-state index contributed by atoms with van der Waals surface area (Å²) in [7, 11) is 1.46. The number of rotatable bonds is 5. The van der Waals surface area contributed by atoms with Gasteiger partial charge in [0.05, 0.1) is 0 Å². The van der Waals surface area contributed by atoms with Crippen molar-refractivity contribution in [2.75, 3.05) is 20.1 Å². The van der Waals surface area contributed by atoms with Crippen molar-refractivity contribution in [1.82, 2.24) is 10.2 Å². The highest BCUT2D eigenvalue weighted by molar-refractivity contribution is 5.79. The van der Waals surface area contributed by atoms with Crippen molar-refractivity contribution in [2.24, 2.45) is 5.92 Å². The highest BCUT2D eigenvalue weighted by Crippen LogP contribution is 1.97. The van der Waals surface area contributed by atoms with Crippen LogP contribution in [-0.4, -0.2) is 42.1 Å². The molecule has 14 heavy (non-hydrogen) atoms. The molecule has 1 atom stereocenters. The molecule has 0 radical (unpaired) electrons. The van der Waals surface area contributed by atoms with Crippen molar-refractivity contribution in [1.29, 1.82) is 0 Å². The lowest BCUT2D eigenvalue weighted by Gasteiger charge is -2.17. The van der Waals surface area contributed by atoms with Gasteiger partial charge in [0.25, 0.3) is 0 Å². The number of carboxylic acids is 1. The van der Waals surface area contributed by atoms with Gasteiger partial charge in [-0.3, -0.25) is 4.79 Å². The van der Waals surface area contributed by atoms with Crippen molar-refractivity contribution in [2.45, 2.75) is 20.3 Å². The molecular weight excluding hydrogens is 184 g/mol. The molecule has 2 amide bonds. The Hall–Kier alpha value is -1.26. The van der Waals surface area contributed by atoms with Crippen LogP contribution < -0.4 is 5.32 Å². The van der Waals surface area contributed by atoms with E-state index in [2.05, 4.69) is 5.32 Å². The molecule has 0 aliphatic heterocycles. The minimum absolute atomic E-state index is 0.271. The Labute approximate surface area is 84.1 Å². The molecule has 0 aromatic rings. The Morgan fingerprint density at radius 3 is 2.50 bits per heavy atom. The van der Waals surface area contributed by atoms with Crippen molar-refractivity contribution >= 4 is 12.0 Å². The first-order valence-electron chi connectivity index (χ1n) is 4.68. The number of hydrogen-bond acceptors (Lipinski definition) is 2. The van der Waals surface area contributed by atoms with E-state index in [9.17, 15) is 9.59 Å². The van der Waals surface area contributed by atoms with Crippen molar-refractivity contribution < 1.29 is 14.7 Å². The summed E-state index contributed by atoms with van der Waals surface area (Å²) >= 11 is 0. The van der Waals surface area contributed by atoms with E-state index in [0.717, 1.165) is 11.3 Å². The lowest BCUT2D eigenvalue weighted by molar-refractivity contribution is -0.137. The van der Waals surface area contributed by atoms with Crippen LogP contribution in [0.25, 0.3) is 0 Å². The molecule has 0 bridgehead atoms. The fraction of sp³-hybridized carbons (Fsp3) is 0.778. The quantitative estimate of drug-likeness (QED) is 0.691. The van der Waals surface area contributed by atoms with Crippen LogP contribution in [0.15, 0.2) is 0 Å². The average Bonchev–Trinajstić information content (AvgIpc) is 2.12. The molecule has 1 unspecified atom stereocenters. The molecule has 2 N–H and O–H groups in total. The number of likely N-dealkylation sites (N-methyl/N-ethyl adjacent to an activating group) is 1. The number of aliphatic carboxylic acids is 1. The molecule has 0 fully saturated rings. The second-order valence-corrected chi connectivity index (χ2v) is 3.45. The van der Waals surface area contributed by atoms with E-state index in [1.54, 1.807) is 0 Å². The normalized spacial score (nSPS) is 11.9. The molecule has 5 heteroatoms. The average molecular weight is 202 g/mol. The summed E-state index contributed by atoms with van der Waals surface area (Å²) in [4.78, 5) is 22.7. The van der Waals surface area contributed by atoms with Crippen LogP contribution in [0.5, 0.6) is 0 Å². The van der Waals surface area contributed by atoms with E-state index >= 15 is 0 Å². The maximum absolute atomic E-state index is 11.3. The molecular formula is C9H18N2O3. The van der Waals surface area contributed by atoms with Crippen LogP contribution in [0, 0.1) is 5.92 Å². The first-order valence-corrected chi connectivity index (χ1v) is 4.68. The van der Waals surface area contributed by atoms with E-state index in [-0.39, 0.29) is 12.6 Å². The molecule has 0 aromatic carbocycles. The Kier molecular flexibility index (Phi) is 5.67. The van der Waals surface area contributed by atoms with Gasteiger partial charge in [-0.15, -0.1) is 0 Å². The molecule has 0 aromatic heterocycles. The first-order chi connectivity index (χ1) is 6.47. The van der Waals surface area contributed by atoms with Gasteiger partial charge in [0, 0.05) is 13.6 Å². The van der Waals surface area contributed by atoms with Gasteiger partial charge in [0.15, 0.2) is 0 Å². The summed E-state index contributed by atoms with van der Waals surface area (Å²) in [5.41, 5.74) is 0. The van der Waals surface area contributed by atoms with E-state index in [0.29, 0.717) is 12.5 Å². The summed E-state index contributed by atoms with van der Waals surface area (Å²) < 4.78 is 0. The van der Waals surface area contributed by atoms with Gasteiger partial charge in [-0.05, 0) is 5.92 Å². The maximum Gasteiger partial charge on any atom is 0.323 e. The fourth-order valence-electron chi connectivity index (χ4n) is 0.816. The summed E-state index contributed by atoms with van der Waals surface area (Å²) in [6, 6.07) is -0.340. The third-order valence-corrected chi connectivity index (χ3v) is 2.02. The number of nitrogens with one attached hydrogen (secondary N) is 1. The lowest BCUT2D eigenvalue weighted by Crippen LogP contribution is -2.41. The zero-order chi connectivity index (χ0) is 11.1. The second-order valence-electron chi connectivity index (χ2n) is 3.45. The predicted molar refractivity (Wildman–Crippen MR) is 53.1 cm³/mol. The van der Waals surface area contributed by atoms with Gasteiger partial charge in [0.2, 0.25) is 0 Å². The molecule has 0 rings (SSSR count). The topological polar surface area (TPSA) is 69.6 Å². The van der Waals surface area contributed by atoms with E-state index in [1.807, 2.05) is 13.8 Å². The van der Waals surface area contributed by atoms with Gasteiger partial charge in [-0.2, -0.15) is 0 Å². The largest absolute Gasteiger partial charge is 0.480 e. The molecule has 82 valence electrons. The third-order valence-electron chi connectivity index (χ3n) is 2.02. The minimum atomic E-state index is -1.01. The highest BCUT2D eigenvalue weighted by Gasteiger charge is 2.11. The molecule has 0 saturated heterocycles. The van der Waals surface area contributed by atoms with Crippen molar-refractivity contribution in [3.8, 4) is 0 Å². The number of carbonyl (C=O) groups is 2. The predicted octanol–water partition coefficient (Wildman–Crippen LogP) is 0.758. The molecule has 0 heterocycles. The number of hydrogen-bond donors (Lipinski definition) is 2.